The van der Waals surface area contributed by atoms with Gasteiger partial charge in [0.05, 0.1) is 5.02 Å². The molecule has 3 heterocycles. The minimum atomic E-state index is 0.601. The summed E-state index contributed by atoms with van der Waals surface area (Å²) in [6.45, 7) is 0. The van der Waals surface area contributed by atoms with E-state index < -0.39 is 0 Å². The standard InChI is InChI=1S/C43H24ClN3OS/c44-35-21-20-31(39-34-11-4-6-12-36(34)48-40(35)39)27-16-14-25-15-17-28(23-30(25)22-27)42-45-41(26-8-2-1-3-9-26)46-43(47-42)29-18-19-33-32-10-5-7-13-37(32)49-38(33)24-29/h1-24H. The van der Waals surface area contributed by atoms with Crippen LogP contribution in [0.1, 0.15) is 0 Å². The van der Waals surface area contributed by atoms with Gasteiger partial charge in [-0.2, -0.15) is 0 Å². The first-order chi connectivity index (χ1) is 24.2. The van der Waals surface area contributed by atoms with E-state index in [9.17, 15) is 0 Å². The molecule has 0 saturated carbocycles. The Balaban J connectivity index is 1.13. The van der Waals surface area contributed by atoms with Crippen LogP contribution in [-0.2, 0) is 0 Å². The molecule has 0 aliphatic carbocycles. The van der Waals surface area contributed by atoms with Crippen LogP contribution in [0.5, 0.6) is 0 Å². The Morgan fingerprint density at radius 3 is 1.94 bits per heavy atom. The van der Waals surface area contributed by atoms with Gasteiger partial charge in [-0.25, -0.2) is 15.0 Å². The van der Waals surface area contributed by atoms with E-state index in [2.05, 4.69) is 91.0 Å². The number of thiophene rings is 1. The molecule has 0 aliphatic rings. The summed E-state index contributed by atoms with van der Waals surface area (Å²) in [5, 5.41) is 7.39. The van der Waals surface area contributed by atoms with E-state index in [1.165, 1.54) is 20.2 Å². The molecule has 0 unspecified atom stereocenters. The van der Waals surface area contributed by atoms with Crippen molar-refractivity contribution in [2.75, 3.05) is 0 Å². The van der Waals surface area contributed by atoms with E-state index in [0.29, 0.717) is 28.1 Å². The molecule has 0 bridgehead atoms. The number of aromatic nitrogens is 3. The maximum Gasteiger partial charge on any atom is 0.164 e. The Morgan fingerprint density at radius 2 is 1.10 bits per heavy atom. The average molecular weight is 666 g/mol. The molecule has 49 heavy (non-hydrogen) atoms. The molecule has 0 amide bonds. The lowest BCUT2D eigenvalue weighted by Crippen LogP contribution is -2.00. The van der Waals surface area contributed by atoms with E-state index in [4.69, 9.17) is 31.0 Å². The van der Waals surface area contributed by atoms with E-state index in [0.717, 1.165) is 54.9 Å². The molecule has 0 atom stereocenters. The highest BCUT2D eigenvalue weighted by atomic mass is 35.5. The maximum absolute atomic E-state index is 6.62. The van der Waals surface area contributed by atoms with Crippen LogP contribution in [0.25, 0.3) is 98.2 Å². The molecule has 6 heteroatoms. The molecular weight excluding hydrogens is 642 g/mol. The molecule has 0 saturated heterocycles. The molecule has 7 aromatic carbocycles. The zero-order valence-corrected chi connectivity index (χ0v) is 27.5. The van der Waals surface area contributed by atoms with Gasteiger partial charge in [-0.15, -0.1) is 11.3 Å². The minimum Gasteiger partial charge on any atom is -0.454 e. The molecule has 0 aliphatic heterocycles. The monoisotopic (exact) mass is 665 g/mol. The lowest BCUT2D eigenvalue weighted by atomic mass is 9.96. The van der Waals surface area contributed by atoms with Gasteiger partial charge in [-0.3, -0.25) is 0 Å². The molecular formula is C43H24ClN3OS. The van der Waals surface area contributed by atoms with E-state index in [1.54, 1.807) is 11.3 Å². The normalized spacial score (nSPS) is 11.8. The highest BCUT2D eigenvalue weighted by Gasteiger charge is 2.17. The van der Waals surface area contributed by atoms with Gasteiger partial charge in [0.2, 0.25) is 0 Å². The van der Waals surface area contributed by atoms with Crippen molar-refractivity contribution in [1.29, 1.82) is 0 Å². The fourth-order valence-corrected chi connectivity index (χ4v) is 8.15. The predicted molar refractivity (Wildman–Crippen MR) is 204 cm³/mol. The molecule has 0 radical (unpaired) electrons. The Hall–Kier alpha value is -5.88. The first-order valence-corrected chi connectivity index (χ1v) is 17.2. The molecule has 10 aromatic rings. The molecule has 10 rings (SSSR count). The zero-order valence-electron chi connectivity index (χ0n) is 25.9. The first-order valence-electron chi connectivity index (χ1n) is 16.0. The topological polar surface area (TPSA) is 51.8 Å². The van der Waals surface area contributed by atoms with E-state index in [-0.39, 0.29) is 0 Å². The number of hydrogen-bond donors (Lipinski definition) is 0. The van der Waals surface area contributed by atoms with Crippen molar-refractivity contribution in [2.24, 2.45) is 0 Å². The van der Waals surface area contributed by atoms with Crippen LogP contribution in [0, 0.1) is 0 Å². The van der Waals surface area contributed by atoms with E-state index >= 15 is 0 Å². The van der Waals surface area contributed by atoms with E-state index in [1.807, 2.05) is 54.6 Å². The Kier molecular flexibility index (Phi) is 6.38. The highest BCUT2D eigenvalue weighted by molar-refractivity contribution is 7.25. The van der Waals surface area contributed by atoms with Crippen molar-refractivity contribution in [2.45, 2.75) is 0 Å². The number of furan rings is 1. The van der Waals surface area contributed by atoms with Crippen molar-refractivity contribution in [3.05, 3.63) is 151 Å². The number of benzene rings is 7. The maximum atomic E-state index is 6.62. The summed E-state index contributed by atoms with van der Waals surface area (Å²) in [7, 11) is 0. The quantitative estimate of drug-likeness (QED) is 0.188. The van der Waals surface area contributed by atoms with Gasteiger partial charge in [-0.05, 0) is 58.3 Å². The van der Waals surface area contributed by atoms with Crippen LogP contribution < -0.4 is 0 Å². The number of para-hydroxylation sites is 1. The summed E-state index contributed by atoms with van der Waals surface area (Å²) in [4.78, 5) is 15.1. The molecule has 230 valence electrons. The second-order valence-electron chi connectivity index (χ2n) is 12.2. The third kappa shape index (κ3) is 4.70. The first kappa shape index (κ1) is 28.2. The zero-order chi connectivity index (χ0) is 32.5. The van der Waals surface area contributed by atoms with Crippen molar-refractivity contribution in [3.8, 4) is 45.3 Å². The van der Waals surface area contributed by atoms with Crippen LogP contribution in [0.4, 0.5) is 0 Å². The summed E-state index contributed by atoms with van der Waals surface area (Å²) in [6.07, 6.45) is 0. The summed E-state index contributed by atoms with van der Waals surface area (Å²) < 4.78 is 8.67. The number of nitrogens with zero attached hydrogens (tertiary/aromatic N) is 3. The fraction of sp³-hybridized carbons (Fsp3) is 0. The Morgan fingerprint density at radius 1 is 0.469 bits per heavy atom. The van der Waals surface area contributed by atoms with Crippen molar-refractivity contribution in [3.63, 3.8) is 0 Å². The molecule has 3 aromatic heterocycles. The third-order valence-corrected chi connectivity index (χ3v) is 10.6. The Bertz CT molecular complexity index is 2910. The van der Waals surface area contributed by atoms with Crippen LogP contribution in [0.15, 0.2) is 150 Å². The molecule has 0 fully saturated rings. The van der Waals surface area contributed by atoms with Crippen molar-refractivity contribution < 1.29 is 4.42 Å². The second-order valence-corrected chi connectivity index (χ2v) is 13.6. The number of rotatable bonds is 4. The lowest BCUT2D eigenvalue weighted by Gasteiger charge is -2.10. The van der Waals surface area contributed by atoms with Gasteiger partial charge in [0.15, 0.2) is 23.1 Å². The minimum absolute atomic E-state index is 0.601. The van der Waals surface area contributed by atoms with Crippen molar-refractivity contribution in [1.82, 2.24) is 15.0 Å². The van der Waals surface area contributed by atoms with Gasteiger partial charge in [0, 0.05) is 47.6 Å². The summed E-state index contributed by atoms with van der Waals surface area (Å²) >= 11 is 8.41. The van der Waals surface area contributed by atoms with Crippen LogP contribution >= 0.6 is 22.9 Å². The van der Waals surface area contributed by atoms with Gasteiger partial charge in [0.1, 0.15) is 5.58 Å². The van der Waals surface area contributed by atoms with Gasteiger partial charge in [-0.1, -0.05) is 121 Å². The van der Waals surface area contributed by atoms with Crippen LogP contribution in [-0.4, -0.2) is 15.0 Å². The Labute approximate surface area is 289 Å². The predicted octanol–water partition coefficient (Wildman–Crippen LogP) is 12.6. The highest BCUT2D eigenvalue weighted by Crippen LogP contribution is 2.41. The number of fused-ring (bicyclic) bond motifs is 7. The van der Waals surface area contributed by atoms with Gasteiger partial charge < -0.3 is 4.42 Å². The fourth-order valence-electron chi connectivity index (χ4n) is 6.81. The molecule has 0 spiro atoms. The third-order valence-electron chi connectivity index (χ3n) is 9.19. The molecule has 4 nitrogen and oxygen atoms in total. The second kappa shape index (κ2) is 11.1. The van der Waals surface area contributed by atoms with Crippen LogP contribution in [0.3, 0.4) is 0 Å². The number of halogens is 1. The van der Waals surface area contributed by atoms with Gasteiger partial charge in [0.25, 0.3) is 0 Å². The smallest absolute Gasteiger partial charge is 0.164 e. The summed E-state index contributed by atoms with van der Waals surface area (Å²) in [6, 6.07) is 50.1. The van der Waals surface area contributed by atoms with Crippen LogP contribution in [0.2, 0.25) is 5.02 Å². The average Bonchev–Trinajstić information content (AvgIpc) is 3.74. The molecule has 0 N–H and O–H groups in total. The van der Waals surface area contributed by atoms with Crippen molar-refractivity contribution >= 4 is 75.8 Å². The SMILES string of the molecule is Clc1ccc(-c2ccc3ccc(-c4nc(-c5ccccc5)nc(-c5ccc6c(c5)sc5ccccc56)n4)cc3c2)c2c1oc1ccccc12. The number of hydrogen-bond acceptors (Lipinski definition) is 5. The lowest BCUT2D eigenvalue weighted by molar-refractivity contribution is 0.669. The largest absolute Gasteiger partial charge is 0.454 e. The summed E-state index contributed by atoms with van der Waals surface area (Å²) in [5.74, 6) is 1.91. The summed E-state index contributed by atoms with van der Waals surface area (Å²) in [5.41, 5.74) is 6.50. The van der Waals surface area contributed by atoms with Gasteiger partial charge >= 0.3 is 0 Å².